The quantitative estimate of drug-likeness (QED) is 0.0778. The summed E-state index contributed by atoms with van der Waals surface area (Å²) in [6.45, 7) is 16.9. The predicted octanol–water partition coefficient (Wildman–Crippen LogP) is 5.40. The topological polar surface area (TPSA) is 101 Å². The fourth-order valence-corrected chi connectivity index (χ4v) is 2.96. The van der Waals surface area contributed by atoms with E-state index in [9.17, 15) is 14.7 Å². The van der Waals surface area contributed by atoms with Gasteiger partial charge in [-0.3, -0.25) is 0 Å². The smallest absolute Gasteiger partial charge is 0.338 e. The van der Waals surface area contributed by atoms with Gasteiger partial charge in [0.1, 0.15) is 17.2 Å². The first kappa shape index (κ1) is 30.3. The van der Waals surface area contributed by atoms with Crippen molar-refractivity contribution < 1.29 is 38.4 Å². The van der Waals surface area contributed by atoms with E-state index in [-0.39, 0.29) is 6.61 Å². The number of carbonyl (C=O) groups excluding carboxylic acids is 2. The molecule has 0 fully saturated rings. The van der Waals surface area contributed by atoms with E-state index in [0.29, 0.717) is 66.6 Å². The van der Waals surface area contributed by atoms with Gasteiger partial charge >= 0.3 is 11.9 Å². The minimum absolute atomic E-state index is 0.228. The van der Waals surface area contributed by atoms with Crippen LogP contribution >= 0.6 is 0 Å². The van der Waals surface area contributed by atoms with E-state index < -0.39 is 18.2 Å². The molecule has 8 heteroatoms. The lowest BCUT2D eigenvalue weighted by Crippen LogP contribution is -2.15. The zero-order valence-electron chi connectivity index (χ0n) is 22.3. The van der Waals surface area contributed by atoms with Crippen molar-refractivity contribution in [3.63, 3.8) is 0 Å². The van der Waals surface area contributed by atoms with Crippen molar-refractivity contribution in [2.75, 3.05) is 26.4 Å². The second-order valence-electron chi connectivity index (χ2n) is 8.74. The highest BCUT2D eigenvalue weighted by atomic mass is 16.6. The van der Waals surface area contributed by atoms with Gasteiger partial charge in [0.05, 0.1) is 26.4 Å². The molecule has 0 heterocycles. The number of hydrogen-bond donors (Lipinski definition) is 1. The zero-order chi connectivity index (χ0) is 28.1. The molecule has 204 valence electrons. The molecule has 1 atom stereocenters. The molecule has 1 N–H and O–H groups in total. The van der Waals surface area contributed by atoms with Gasteiger partial charge in [-0.2, -0.15) is 0 Å². The molecule has 38 heavy (non-hydrogen) atoms. The Bertz CT molecular complexity index is 1130. The molecule has 2 aromatic rings. The molecule has 2 aromatic carbocycles. The number of aliphatic hydroxyl groups is 1. The maximum absolute atomic E-state index is 11.8. The molecule has 0 saturated heterocycles. The van der Waals surface area contributed by atoms with Crippen LogP contribution in [0.15, 0.2) is 78.9 Å². The van der Waals surface area contributed by atoms with Gasteiger partial charge in [-0.1, -0.05) is 31.9 Å². The Balaban J connectivity index is 2.08. The number of hydrogen-bond acceptors (Lipinski definition) is 8. The van der Waals surface area contributed by atoms with Gasteiger partial charge in [0, 0.05) is 35.6 Å². The van der Waals surface area contributed by atoms with E-state index in [4.69, 9.17) is 23.7 Å². The SMILES string of the molecule is C=C(C)C(=O)OCCCOc1ccc(-c2ccc(OC(=O)C(=C)C)cc2)c(OCCCOC(O)C(=C)C)c1. The van der Waals surface area contributed by atoms with Crippen LogP contribution in [0.4, 0.5) is 0 Å². The summed E-state index contributed by atoms with van der Waals surface area (Å²) in [5.41, 5.74) is 2.86. The van der Waals surface area contributed by atoms with E-state index in [0.717, 1.165) is 11.1 Å². The molecule has 0 amide bonds. The minimum atomic E-state index is -1.01. The normalized spacial score (nSPS) is 11.3. The molecule has 8 nitrogen and oxygen atoms in total. The molecule has 0 aliphatic carbocycles. The number of rotatable bonds is 16. The maximum Gasteiger partial charge on any atom is 0.338 e. The van der Waals surface area contributed by atoms with Crippen LogP contribution < -0.4 is 14.2 Å². The van der Waals surface area contributed by atoms with Crippen molar-refractivity contribution in [3.8, 4) is 28.4 Å². The minimum Gasteiger partial charge on any atom is -0.493 e. The van der Waals surface area contributed by atoms with Crippen molar-refractivity contribution in [1.29, 1.82) is 0 Å². The number of benzene rings is 2. The summed E-state index contributed by atoms with van der Waals surface area (Å²) in [6.07, 6.45) is 0.0529. The lowest BCUT2D eigenvalue weighted by molar-refractivity contribution is -0.139. The van der Waals surface area contributed by atoms with Crippen LogP contribution in [0.5, 0.6) is 17.2 Å². The van der Waals surface area contributed by atoms with Gasteiger partial charge in [-0.05, 0) is 56.2 Å². The standard InChI is InChI=1S/C30H36O8/c1-20(2)28(31)36-17-7-15-34-25-13-14-26(23-9-11-24(12-10-23)38-30(33)22(5)6)27(19-25)35-16-8-18-37-29(32)21(3)4/h9-14,19,29,32H,1,3,5,7-8,15-18H2,2,4,6H3. The Kier molecular flexibility index (Phi) is 12.3. The third-order valence-electron chi connectivity index (χ3n) is 5.06. The Morgan fingerprint density at radius 2 is 1.39 bits per heavy atom. The third kappa shape index (κ3) is 10.2. The van der Waals surface area contributed by atoms with Gasteiger partial charge in [0.2, 0.25) is 0 Å². The maximum atomic E-state index is 11.8. The fourth-order valence-electron chi connectivity index (χ4n) is 2.96. The van der Waals surface area contributed by atoms with Crippen LogP contribution in [-0.4, -0.2) is 49.8 Å². The number of ether oxygens (including phenoxy) is 5. The molecular formula is C30H36O8. The second kappa shape index (κ2) is 15.4. The largest absolute Gasteiger partial charge is 0.493 e. The van der Waals surface area contributed by atoms with Crippen molar-refractivity contribution in [1.82, 2.24) is 0 Å². The third-order valence-corrected chi connectivity index (χ3v) is 5.06. The van der Waals surface area contributed by atoms with Crippen molar-refractivity contribution >= 4 is 11.9 Å². The fraction of sp³-hybridized carbons (Fsp3) is 0.333. The number of esters is 2. The van der Waals surface area contributed by atoms with Gasteiger partial charge in [0.15, 0.2) is 6.29 Å². The van der Waals surface area contributed by atoms with Gasteiger partial charge < -0.3 is 28.8 Å². The summed E-state index contributed by atoms with van der Waals surface area (Å²) in [6, 6.07) is 12.5. The molecule has 0 radical (unpaired) electrons. The lowest BCUT2D eigenvalue weighted by atomic mass is 10.0. The summed E-state index contributed by atoms with van der Waals surface area (Å²) in [5.74, 6) is 0.672. The summed E-state index contributed by atoms with van der Waals surface area (Å²) >= 11 is 0. The summed E-state index contributed by atoms with van der Waals surface area (Å²) in [4.78, 5) is 23.3. The molecule has 0 spiro atoms. The van der Waals surface area contributed by atoms with Crippen molar-refractivity contribution in [2.45, 2.75) is 39.9 Å². The van der Waals surface area contributed by atoms with Crippen LogP contribution in [0.1, 0.15) is 33.6 Å². The van der Waals surface area contributed by atoms with Gasteiger partial charge in [0.25, 0.3) is 0 Å². The monoisotopic (exact) mass is 524 g/mol. The average Bonchev–Trinajstić information content (AvgIpc) is 2.88. The highest BCUT2D eigenvalue weighted by Gasteiger charge is 2.12. The van der Waals surface area contributed by atoms with E-state index in [1.165, 1.54) is 0 Å². The lowest BCUT2D eigenvalue weighted by Gasteiger charge is -2.16. The van der Waals surface area contributed by atoms with Crippen LogP contribution in [0, 0.1) is 0 Å². The highest BCUT2D eigenvalue weighted by molar-refractivity contribution is 5.89. The number of aliphatic hydroxyl groups excluding tert-OH is 1. The Morgan fingerprint density at radius 1 is 0.789 bits per heavy atom. The summed E-state index contributed by atoms with van der Waals surface area (Å²) in [5, 5.41) is 9.71. The molecule has 0 aliphatic rings. The van der Waals surface area contributed by atoms with E-state index >= 15 is 0 Å². The summed E-state index contributed by atoms with van der Waals surface area (Å²) < 4.78 is 27.5. The highest BCUT2D eigenvalue weighted by Crippen LogP contribution is 2.34. The van der Waals surface area contributed by atoms with Crippen LogP contribution in [0.25, 0.3) is 11.1 Å². The predicted molar refractivity (Wildman–Crippen MR) is 145 cm³/mol. The molecule has 2 rings (SSSR count). The van der Waals surface area contributed by atoms with E-state index in [2.05, 4.69) is 19.7 Å². The Labute approximate surface area is 224 Å². The molecule has 0 saturated carbocycles. The van der Waals surface area contributed by atoms with E-state index in [1.807, 2.05) is 24.3 Å². The molecule has 0 aliphatic heterocycles. The van der Waals surface area contributed by atoms with Crippen LogP contribution in [0.3, 0.4) is 0 Å². The van der Waals surface area contributed by atoms with Crippen LogP contribution in [0.2, 0.25) is 0 Å². The Morgan fingerprint density at radius 3 is 2.03 bits per heavy atom. The van der Waals surface area contributed by atoms with Crippen molar-refractivity contribution in [3.05, 3.63) is 78.9 Å². The van der Waals surface area contributed by atoms with E-state index in [1.54, 1.807) is 39.0 Å². The second-order valence-corrected chi connectivity index (χ2v) is 8.74. The molecule has 0 aromatic heterocycles. The molecule has 0 bridgehead atoms. The summed E-state index contributed by atoms with van der Waals surface area (Å²) in [7, 11) is 0. The molecular weight excluding hydrogens is 488 g/mol. The first-order chi connectivity index (χ1) is 18.1. The first-order valence-electron chi connectivity index (χ1n) is 12.2. The first-order valence-corrected chi connectivity index (χ1v) is 12.2. The zero-order valence-corrected chi connectivity index (χ0v) is 22.3. The average molecular weight is 525 g/mol. The van der Waals surface area contributed by atoms with Crippen molar-refractivity contribution in [2.24, 2.45) is 0 Å². The number of carbonyl (C=O) groups is 2. The van der Waals surface area contributed by atoms with Gasteiger partial charge in [-0.15, -0.1) is 0 Å². The molecule has 1 unspecified atom stereocenters. The Hall–Kier alpha value is -3.88. The van der Waals surface area contributed by atoms with Crippen LogP contribution in [-0.2, 0) is 19.1 Å². The van der Waals surface area contributed by atoms with Gasteiger partial charge in [-0.25, -0.2) is 9.59 Å².